The van der Waals surface area contributed by atoms with Crippen molar-refractivity contribution in [3.63, 3.8) is 0 Å². The standard InChI is InChI=1S/C18H23N3O2.ClH/c1-12-3-5-15(6-4-12)16-11-17(23-20-16)18(22)21-9-7-14(8-10-21)13(2)19;/h3-6,11,13-14H,7-10,19H2,1-2H3;1H. The Hall–Kier alpha value is -1.85. The first-order valence-corrected chi connectivity index (χ1v) is 8.13. The largest absolute Gasteiger partial charge is 0.350 e. The van der Waals surface area contributed by atoms with Crippen LogP contribution in [0, 0.1) is 12.8 Å². The van der Waals surface area contributed by atoms with E-state index in [4.69, 9.17) is 10.3 Å². The number of aryl methyl sites for hydroxylation is 1. The Morgan fingerprint density at radius 3 is 2.50 bits per heavy atom. The number of nitrogens with two attached hydrogens (primary N) is 1. The highest BCUT2D eigenvalue weighted by Crippen LogP contribution is 2.23. The maximum Gasteiger partial charge on any atom is 0.292 e. The van der Waals surface area contributed by atoms with E-state index >= 15 is 0 Å². The molecule has 5 nitrogen and oxygen atoms in total. The zero-order valence-corrected chi connectivity index (χ0v) is 14.9. The molecule has 2 aromatic rings. The number of hydrogen-bond acceptors (Lipinski definition) is 4. The number of nitrogens with zero attached hydrogens (tertiary/aromatic N) is 2. The number of rotatable bonds is 3. The second-order valence-corrected chi connectivity index (χ2v) is 6.43. The quantitative estimate of drug-likeness (QED) is 0.923. The van der Waals surface area contributed by atoms with Gasteiger partial charge in [-0.15, -0.1) is 12.4 Å². The first kappa shape index (κ1) is 18.5. The van der Waals surface area contributed by atoms with Gasteiger partial charge in [-0.1, -0.05) is 35.0 Å². The molecular weight excluding hydrogens is 326 g/mol. The van der Waals surface area contributed by atoms with Gasteiger partial charge in [-0.25, -0.2) is 0 Å². The number of amides is 1. The maximum absolute atomic E-state index is 12.5. The van der Waals surface area contributed by atoms with Gasteiger partial charge >= 0.3 is 0 Å². The molecule has 1 fully saturated rings. The van der Waals surface area contributed by atoms with E-state index in [2.05, 4.69) is 5.16 Å². The molecule has 6 heteroatoms. The van der Waals surface area contributed by atoms with Crippen LogP contribution in [0.5, 0.6) is 0 Å². The molecule has 1 aliphatic rings. The minimum atomic E-state index is -0.0843. The lowest BCUT2D eigenvalue weighted by molar-refractivity contribution is 0.0639. The summed E-state index contributed by atoms with van der Waals surface area (Å²) in [6, 6.07) is 9.91. The predicted octanol–water partition coefficient (Wildman–Crippen LogP) is 3.27. The van der Waals surface area contributed by atoms with Crippen LogP contribution < -0.4 is 5.73 Å². The molecule has 1 aromatic heterocycles. The molecule has 0 aliphatic carbocycles. The van der Waals surface area contributed by atoms with Crippen molar-refractivity contribution in [3.8, 4) is 11.3 Å². The molecule has 0 radical (unpaired) electrons. The number of carbonyl (C=O) groups is 1. The van der Waals surface area contributed by atoms with Crippen LogP contribution >= 0.6 is 12.4 Å². The third-order valence-electron chi connectivity index (χ3n) is 4.64. The van der Waals surface area contributed by atoms with Crippen molar-refractivity contribution in [2.75, 3.05) is 13.1 Å². The minimum Gasteiger partial charge on any atom is -0.350 e. The van der Waals surface area contributed by atoms with Crippen molar-refractivity contribution in [2.24, 2.45) is 11.7 Å². The zero-order chi connectivity index (χ0) is 16.4. The number of hydrogen-bond donors (Lipinski definition) is 1. The van der Waals surface area contributed by atoms with E-state index < -0.39 is 0 Å². The topological polar surface area (TPSA) is 72.4 Å². The smallest absolute Gasteiger partial charge is 0.292 e. The van der Waals surface area contributed by atoms with Gasteiger partial charge in [0.25, 0.3) is 5.91 Å². The van der Waals surface area contributed by atoms with E-state index in [1.54, 1.807) is 6.07 Å². The average molecular weight is 350 g/mol. The molecule has 2 N–H and O–H groups in total. The number of benzene rings is 1. The van der Waals surface area contributed by atoms with Gasteiger partial charge in [0, 0.05) is 30.8 Å². The van der Waals surface area contributed by atoms with Crippen LogP contribution in [0.1, 0.15) is 35.9 Å². The lowest BCUT2D eigenvalue weighted by atomic mass is 9.91. The highest BCUT2D eigenvalue weighted by molar-refractivity contribution is 5.92. The number of carbonyl (C=O) groups excluding carboxylic acids is 1. The van der Waals surface area contributed by atoms with Crippen LogP contribution in [-0.2, 0) is 0 Å². The number of piperidine rings is 1. The van der Waals surface area contributed by atoms with Crippen molar-refractivity contribution in [2.45, 2.75) is 32.7 Å². The molecule has 2 heterocycles. The molecule has 0 saturated carbocycles. The lowest BCUT2D eigenvalue weighted by Gasteiger charge is -2.33. The summed E-state index contributed by atoms with van der Waals surface area (Å²) < 4.78 is 5.27. The van der Waals surface area contributed by atoms with Gasteiger partial charge < -0.3 is 15.2 Å². The van der Waals surface area contributed by atoms with Crippen molar-refractivity contribution < 1.29 is 9.32 Å². The monoisotopic (exact) mass is 349 g/mol. The van der Waals surface area contributed by atoms with Crippen LogP contribution in [0.25, 0.3) is 11.3 Å². The number of likely N-dealkylation sites (tertiary alicyclic amines) is 1. The lowest BCUT2D eigenvalue weighted by Crippen LogP contribution is -2.42. The summed E-state index contributed by atoms with van der Waals surface area (Å²) in [6.45, 7) is 5.52. The van der Waals surface area contributed by atoms with Gasteiger partial charge in [0.2, 0.25) is 5.76 Å². The Morgan fingerprint density at radius 1 is 1.29 bits per heavy atom. The number of aromatic nitrogens is 1. The highest BCUT2D eigenvalue weighted by atomic mass is 35.5. The third-order valence-corrected chi connectivity index (χ3v) is 4.64. The average Bonchev–Trinajstić information content (AvgIpc) is 3.05. The Balaban J connectivity index is 0.00000208. The molecule has 24 heavy (non-hydrogen) atoms. The van der Waals surface area contributed by atoms with Crippen LogP contribution in [0.15, 0.2) is 34.9 Å². The van der Waals surface area contributed by atoms with E-state index in [0.717, 1.165) is 31.5 Å². The highest BCUT2D eigenvalue weighted by Gasteiger charge is 2.27. The minimum absolute atomic E-state index is 0. The second-order valence-electron chi connectivity index (χ2n) is 6.43. The predicted molar refractivity (Wildman–Crippen MR) is 96.2 cm³/mol. The van der Waals surface area contributed by atoms with Crippen molar-refractivity contribution in [1.82, 2.24) is 10.1 Å². The second kappa shape index (κ2) is 7.81. The SMILES string of the molecule is Cc1ccc(-c2cc(C(=O)N3CCC(C(C)N)CC3)on2)cc1.Cl. The summed E-state index contributed by atoms with van der Waals surface area (Å²) in [5.74, 6) is 0.718. The first-order chi connectivity index (χ1) is 11.0. The van der Waals surface area contributed by atoms with Crippen LogP contribution in [-0.4, -0.2) is 35.1 Å². The maximum atomic E-state index is 12.5. The van der Waals surface area contributed by atoms with Crippen molar-refractivity contribution in [3.05, 3.63) is 41.7 Å². The summed E-state index contributed by atoms with van der Waals surface area (Å²) in [5.41, 5.74) is 8.78. The van der Waals surface area contributed by atoms with Crippen LogP contribution in [0.2, 0.25) is 0 Å². The van der Waals surface area contributed by atoms with Crippen LogP contribution in [0.4, 0.5) is 0 Å². The van der Waals surface area contributed by atoms with Gasteiger partial charge in [-0.3, -0.25) is 4.79 Å². The van der Waals surface area contributed by atoms with E-state index in [0.29, 0.717) is 17.4 Å². The Morgan fingerprint density at radius 2 is 1.92 bits per heavy atom. The molecule has 1 amide bonds. The van der Waals surface area contributed by atoms with Gasteiger partial charge in [-0.2, -0.15) is 0 Å². The van der Waals surface area contributed by atoms with Crippen molar-refractivity contribution >= 4 is 18.3 Å². The molecule has 1 unspecified atom stereocenters. The van der Waals surface area contributed by atoms with Crippen LogP contribution in [0.3, 0.4) is 0 Å². The summed E-state index contributed by atoms with van der Waals surface area (Å²) in [6.07, 6.45) is 1.89. The van der Waals surface area contributed by atoms with E-state index in [1.165, 1.54) is 5.56 Å². The first-order valence-electron chi connectivity index (χ1n) is 8.13. The molecule has 130 valence electrons. The molecule has 1 atom stereocenters. The fourth-order valence-electron chi connectivity index (χ4n) is 3.02. The molecule has 1 saturated heterocycles. The third kappa shape index (κ3) is 3.97. The van der Waals surface area contributed by atoms with Gasteiger partial charge in [0.15, 0.2) is 0 Å². The summed E-state index contributed by atoms with van der Waals surface area (Å²) in [7, 11) is 0. The molecule has 0 spiro atoms. The van der Waals surface area contributed by atoms with E-state index in [-0.39, 0.29) is 24.4 Å². The summed E-state index contributed by atoms with van der Waals surface area (Å²) in [4.78, 5) is 14.4. The fraction of sp³-hybridized carbons (Fsp3) is 0.444. The molecule has 0 bridgehead atoms. The van der Waals surface area contributed by atoms with Crippen molar-refractivity contribution in [1.29, 1.82) is 0 Å². The Bertz CT molecular complexity index is 674. The van der Waals surface area contributed by atoms with E-state index in [9.17, 15) is 4.79 Å². The molecular formula is C18H24ClN3O2. The Kier molecular flexibility index (Phi) is 6.02. The normalized spacial score (nSPS) is 16.5. The van der Waals surface area contributed by atoms with Gasteiger partial charge in [0.1, 0.15) is 5.69 Å². The van der Waals surface area contributed by atoms with Gasteiger partial charge in [0.05, 0.1) is 0 Å². The molecule has 1 aromatic carbocycles. The molecule has 1 aliphatic heterocycles. The fourth-order valence-corrected chi connectivity index (χ4v) is 3.02. The Labute approximate surface area is 148 Å². The number of halogens is 1. The van der Waals surface area contributed by atoms with Gasteiger partial charge in [-0.05, 0) is 32.6 Å². The summed E-state index contributed by atoms with van der Waals surface area (Å²) in [5, 5.41) is 4.03. The molecule has 3 rings (SSSR count). The zero-order valence-electron chi connectivity index (χ0n) is 14.1. The van der Waals surface area contributed by atoms with E-state index in [1.807, 2.05) is 43.0 Å². The summed E-state index contributed by atoms with van der Waals surface area (Å²) >= 11 is 0.